The van der Waals surface area contributed by atoms with E-state index in [0.717, 1.165) is 12.1 Å². The molecule has 144 valence electrons. The minimum absolute atomic E-state index is 0.0811. The first-order valence-electron chi connectivity index (χ1n) is 7.65. The molecular weight excluding hydrogens is 398 g/mol. The lowest BCUT2D eigenvalue weighted by Crippen LogP contribution is -2.41. The van der Waals surface area contributed by atoms with E-state index in [-0.39, 0.29) is 16.1 Å². The Hall–Kier alpha value is -2.69. The molecule has 1 amide bonds. The average Bonchev–Trinajstić information content (AvgIpc) is 2.62. The van der Waals surface area contributed by atoms with Crippen molar-refractivity contribution in [3.8, 4) is 5.75 Å². The van der Waals surface area contributed by atoms with Gasteiger partial charge in [-0.2, -0.15) is 0 Å². The third-order valence-electron chi connectivity index (χ3n) is 3.52. The first-order valence-corrected chi connectivity index (χ1v) is 9.51. The summed E-state index contributed by atoms with van der Waals surface area (Å²) in [5.74, 6) is -0.148. The number of hydrogen-bond donors (Lipinski definition) is 2. The van der Waals surface area contributed by atoms with E-state index in [9.17, 15) is 23.3 Å². The number of nitrogens with one attached hydrogen (secondary N) is 2. The normalized spacial score (nSPS) is 11.1. The molecule has 0 unspecified atom stereocenters. The van der Waals surface area contributed by atoms with Gasteiger partial charge in [0.1, 0.15) is 5.75 Å². The highest BCUT2D eigenvalue weighted by atomic mass is 35.5. The van der Waals surface area contributed by atoms with E-state index in [1.807, 2.05) is 17.2 Å². The number of hydrogen-bond acceptors (Lipinski definition) is 6. The van der Waals surface area contributed by atoms with Crippen molar-refractivity contribution in [1.82, 2.24) is 10.3 Å². The van der Waals surface area contributed by atoms with Crippen LogP contribution in [0.4, 0.5) is 5.69 Å². The van der Waals surface area contributed by atoms with Crippen LogP contribution >= 0.6 is 11.6 Å². The molecule has 0 saturated heterocycles. The van der Waals surface area contributed by atoms with Gasteiger partial charge in [-0.05, 0) is 44.2 Å². The Labute approximate surface area is 160 Å². The summed E-state index contributed by atoms with van der Waals surface area (Å²) in [6.07, 6.45) is 0. The van der Waals surface area contributed by atoms with Crippen molar-refractivity contribution >= 4 is 33.2 Å². The lowest BCUT2D eigenvalue weighted by molar-refractivity contribution is -0.385. The monoisotopic (exact) mass is 413 g/mol. The number of amides is 1. The zero-order valence-corrected chi connectivity index (χ0v) is 15.9. The van der Waals surface area contributed by atoms with Crippen LogP contribution in [0.5, 0.6) is 5.75 Å². The van der Waals surface area contributed by atoms with Crippen LogP contribution in [0, 0.1) is 17.0 Å². The second-order valence-corrected chi connectivity index (χ2v) is 7.41. The number of rotatable bonds is 7. The molecule has 11 heteroatoms. The summed E-state index contributed by atoms with van der Waals surface area (Å²) in [6.45, 7) is 3.69. The Morgan fingerprint density at radius 1 is 1.26 bits per heavy atom. The van der Waals surface area contributed by atoms with E-state index < -0.39 is 31.4 Å². The number of hydrazine groups is 1. The van der Waals surface area contributed by atoms with Crippen molar-refractivity contribution in [2.24, 2.45) is 0 Å². The van der Waals surface area contributed by atoms with Gasteiger partial charge in [-0.15, -0.1) is 4.83 Å². The number of ether oxygens (including phenoxy) is 1. The number of carbonyl (C=O) groups is 1. The van der Waals surface area contributed by atoms with Crippen LogP contribution in [0.3, 0.4) is 0 Å². The maximum atomic E-state index is 12.3. The summed E-state index contributed by atoms with van der Waals surface area (Å²) < 4.78 is 29.9. The number of benzene rings is 2. The zero-order valence-electron chi connectivity index (χ0n) is 14.4. The highest BCUT2D eigenvalue weighted by molar-refractivity contribution is 7.89. The van der Waals surface area contributed by atoms with Gasteiger partial charge >= 0.3 is 0 Å². The van der Waals surface area contributed by atoms with E-state index >= 15 is 0 Å². The van der Waals surface area contributed by atoms with E-state index in [4.69, 9.17) is 16.3 Å². The summed E-state index contributed by atoms with van der Waals surface area (Å²) >= 11 is 5.87. The van der Waals surface area contributed by atoms with Crippen molar-refractivity contribution in [3.05, 3.63) is 62.7 Å². The third-order valence-corrected chi connectivity index (χ3v) is 5.14. The highest BCUT2D eigenvalue weighted by Gasteiger charge is 2.23. The Bertz CT molecular complexity index is 976. The van der Waals surface area contributed by atoms with E-state index in [2.05, 4.69) is 0 Å². The fraction of sp³-hybridized carbons (Fsp3) is 0.188. The lowest BCUT2D eigenvalue weighted by atomic mass is 10.2. The van der Waals surface area contributed by atoms with Crippen molar-refractivity contribution in [1.29, 1.82) is 0 Å². The van der Waals surface area contributed by atoms with Gasteiger partial charge in [-0.25, -0.2) is 8.42 Å². The molecule has 2 aromatic rings. The van der Waals surface area contributed by atoms with Crippen molar-refractivity contribution in [3.63, 3.8) is 0 Å². The second kappa shape index (κ2) is 8.33. The summed E-state index contributed by atoms with van der Waals surface area (Å²) in [7, 11) is -4.27. The average molecular weight is 414 g/mol. The minimum Gasteiger partial charge on any atom is -0.494 e. The Kier molecular flexibility index (Phi) is 6.37. The molecular formula is C16H16ClN3O6S. The maximum absolute atomic E-state index is 12.3. The van der Waals surface area contributed by atoms with Crippen molar-refractivity contribution in [2.75, 3.05) is 6.61 Å². The van der Waals surface area contributed by atoms with E-state index in [1.54, 1.807) is 12.1 Å². The third kappa shape index (κ3) is 4.94. The maximum Gasteiger partial charge on any atom is 0.275 e. The molecule has 0 spiro atoms. The molecule has 2 aromatic carbocycles. The SMILES string of the molecule is CCOc1ccc(C(=O)NNS(=O)(=O)c2cc(Cl)c(C)c([N+](=O)[O-])c2)cc1. The molecule has 0 aliphatic rings. The molecule has 0 saturated carbocycles. The predicted octanol–water partition coefficient (Wildman–Crippen LogP) is 2.58. The van der Waals surface area contributed by atoms with Crippen LogP contribution in [-0.4, -0.2) is 25.9 Å². The number of nitro benzene ring substituents is 1. The van der Waals surface area contributed by atoms with Crippen LogP contribution in [0.2, 0.25) is 5.02 Å². The second-order valence-electron chi connectivity index (χ2n) is 5.32. The quantitative estimate of drug-likeness (QED) is 0.530. The van der Waals surface area contributed by atoms with Gasteiger partial charge < -0.3 is 4.74 Å². The smallest absolute Gasteiger partial charge is 0.275 e. The number of carbonyl (C=O) groups excluding carboxylic acids is 1. The standard InChI is InChI=1S/C16H16ClN3O6S/c1-3-26-12-6-4-11(5-7-12)16(21)18-19-27(24,25)13-8-14(17)10(2)15(9-13)20(22)23/h4-9,19H,3H2,1-2H3,(H,18,21). The Morgan fingerprint density at radius 2 is 1.89 bits per heavy atom. The van der Waals surface area contributed by atoms with Crippen LogP contribution in [0.25, 0.3) is 0 Å². The highest BCUT2D eigenvalue weighted by Crippen LogP contribution is 2.29. The molecule has 27 heavy (non-hydrogen) atoms. The van der Waals surface area contributed by atoms with Crippen LogP contribution in [-0.2, 0) is 10.0 Å². The van der Waals surface area contributed by atoms with Crippen LogP contribution in [0.15, 0.2) is 41.3 Å². The number of sulfonamides is 1. The first-order chi connectivity index (χ1) is 12.7. The molecule has 9 nitrogen and oxygen atoms in total. The molecule has 2 rings (SSSR count). The lowest BCUT2D eigenvalue weighted by Gasteiger charge is -2.10. The Morgan fingerprint density at radius 3 is 2.44 bits per heavy atom. The first kappa shape index (κ1) is 20.6. The molecule has 0 atom stereocenters. The summed E-state index contributed by atoms with van der Waals surface area (Å²) in [4.78, 5) is 23.8. The molecule has 0 aliphatic heterocycles. The van der Waals surface area contributed by atoms with Gasteiger partial charge in [0.05, 0.1) is 21.4 Å². The minimum atomic E-state index is -4.27. The Balaban J connectivity index is 2.17. The summed E-state index contributed by atoms with van der Waals surface area (Å²) in [6, 6.07) is 7.98. The van der Waals surface area contributed by atoms with Crippen molar-refractivity contribution < 1.29 is 22.9 Å². The topological polar surface area (TPSA) is 128 Å². The molecule has 0 aliphatic carbocycles. The molecule has 0 heterocycles. The predicted molar refractivity (Wildman–Crippen MR) is 98.2 cm³/mol. The summed E-state index contributed by atoms with van der Waals surface area (Å²) in [5.41, 5.74) is 1.92. The van der Waals surface area contributed by atoms with Crippen molar-refractivity contribution in [2.45, 2.75) is 18.7 Å². The zero-order chi connectivity index (χ0) is 20.2. The van der Waals surface area contributed by atoms with Gasteiger partial charge in [0.2, 0.25) is 0 Å². The molecule has 0 radical (unpaired) electrons. The fourth-order valence-corrected chi connectivity index (χ4v) is 3.26. The summed E-state index contributed by atoms with van der Waals surface area (Å²) in [5, 5.41) is 10.9. The number of nitrogens with zero attached hydrogens (tertiary/aromatic N) is 1. The molecule has 0 aromatic heterocycles. The number of halogens is 1. The van der Waals surface area contributed by atoms with E-state index in [1.165, 1.54) is 19.1 Å². The van der Waals surface area contributed by atoms with Gasteiger partial charge in [-0.3, -0.25) is 20.3 Å². The molecule has 0 bridgehead atoms. The largest absolute Gasteiger partial charge is 0.494 e. The molecule has 0 fully saturated rings. The van der Waals surface area contributed by atoms with Gasteiger partial charge in [0.25, 0.3) is 21.6 Å². The van der Waals surface area contributed by atoms with Crippen LogP contribution < -0.4 is 15.0 Å². The van der Waals surface area contributed by atoms with Crippen LogP contribution in [0.1, 0.15) is 22.8 Å². The number of nitro groups is 1. The molecule has 2 N–H and O–H groups in total. The van der Waals surface area contributed by atoms with Gasteiger partial charge in [0.15, 0.2) is 0 Å². The van der Waals surface area contributed by atoms with E-state index in [0.29, 0.717) is 12.4 Å². The fourth-order valence-electron chi connectivity index (χ4n) is 2.10. The van der Waals surface area contributed by atoms with Gasteiger partial charge in [0, 0.05) is 17.2 Å². The van der Waals surface area contributed by atoms with Gasteiger partial charge in [-0.1, -0.05) is 11.6 Å².